The van der Waals surface area contributed by atoms with Crippen LogP contribution in [0.2, 0.25) is 0 Å². The number of likely N-dealkylation sites (tertiary alicyclic amines) is 1. The van der Waals surface area contributed by atoms with E-state index in [1.807, 2.05) is 12.1 Å². The molecule has 1 fully saturated rings. The molecule has 0 spiro atoms. The average Bonchev–Trinajstić information content (AvgIpc) is 3.23. The molecule has 1 atom stereocenters. The van der Waals surface area contributed by atoms with Crippen LogP contribution in [0.4, 0.5) is 10.2 Å². The van der Waals surface area contributed by atoms with Crippen molar-refractivity contribution in [2.75, 3.05) is 25.5 Å². The second kappa shape index (κ2) is 6.64. The van der Waals surface area contributed by atoms with Crippen LogP contribution < -0.4 is 5.32 Å². The van der Waals surface area contributed by atoms with E-state index in [-0.39, 0.29) is 5.82 Å². The third-order valence-electron chi connectivity index (χ3n) is 4.60. The molecule has 5 nitrogen and oxygen atoms in total. The first-order valence-corrected chi connectivity index (χ1v) is 8.40. The van der Waals surface area contributed by atoms with Gasteiger partial charge in [0.1, 0.15) is 5.82 Å². The van der Waals surface area contributed by atoms with Gasteiger partial charge in [0.25, 0.3) is 0 Å². The van der Waals surface area contributed by atoms with E-state index in [9.17, 15) is 4.39 Å². The Balaban J connectivity index is 1.75. The Morgan fingerprint density at radius 2 is 1.88 bits per heavy atom. The number of aromatic nitrogens is 3. The zero-order chi connectivity index (χ0) is 17.2. The number of benzene rings is 1. The molecule has 1 unspecified atom stereocenters. The Hall–Kier alpha value is -2.73. The third kappa shape index (κ3) is 3.25. The molecular formula is C19H20FN5. The van der Waals surface area contributed by atoms with Crippen LogP contribution in [0.5, 0.6) is 0 Å². The number of hydrogen-bond donors (Lipinski definition) is 2. The van der Waals surface area contributed by atoms with Crippen molar-refractivity contribution < 1.29 is 4.39 Å². The summed E-state index contributed by atoms with van der Waals surface area (Å²) < 4.78 is 13.3. The van der Waals surface area contributed by atoms with Crippen LogP contribution in [0.3, 0.4) is 0 Å². The maximum absolute atomic E-state index is 13.3. The lowest BCUT2D eigenvalue weighted by Gasteiger charge is -2.14. The summed E-state index contributed by atoms with van der Waals surface area (Å²) in [5.41, 5.74) is 3.79. The summed E-state index contributed by atoms with van der Waals surface area (Å²) in [5, 5.41) is 11.2. The number of nitrogens with one attached hydrogen (secondary N) is 2. The molecule has 25 heavy (non-hydrogen) atoms. The minimum atomic E-state index is -0.249. The lowest BCUT2D eigenvalue weighted by atomic mass is 10.0. The van der Waals surface area contributed by atoms with Crippen LogP contribution in [0.15, 0.2) is 48.8 Å². The first-order valence-electron chi connectivity index (χ1n) is 8.40. The summed E-state index contributed by atoms with van der Waals surface area (Å²) in [7, 11) is 2.12. The lowest BCUT2D eigenvalue weighted by molar-refractivity contribution is 0.414. The molecule has 1 aliphatic rings. The molecule has 0 bridgehead atoms. The summed E-state index contributed by atoms with van der Waals surface area (Å²) in [4.78, 5) is 6.41. The van der Waals surface area contributed by atoms with Crippen LogP contribution >= 0.6 is 0 Å². The van der Waals surface area contributed by atoms with Crippen molar-refractivity contribution in [1.29, 1.82) is 0 Å². The summed E-state index contributed by atoms with van der Waals surface area (Å²) >= 11 is 0. The summed E-state index contributed by atoms with van der Waals surface area (Å²) in [5.74, 6) is 0.576. The van der Waals surface area contributed by atoms with Crippen molar-refractivity contribution in [2.24, 2.45) is 0 Å². The molecule has 3 aromatic rings. The number of H-pyrrole nitrogens is 1. The minimum Gasteiger partial charge on any atom is -0.364 e. The van der Waals surface area contributed by atoms with Crippen LogP contribution in [-0.4, -0.2) is 46.3 Å². The van der Waals surface area contributed by atoms with E-state index in [0.717, 1.165) is 47.7 Å². The fraction of sp³-hybridized carbons (Fsp3) is 0.263. The van der Waals surface area contributed by atoms with E-state index < -0.39 is 0 Å². The smallest absolute Gasteiger partial charge is 0.156 e. The normalized spacial score (nSPS) is 17.8. The van der Waals surface area contributed by atoms with Gasteiger partial charge in [-0.15, -0.1) is 0 Å². The maximum Gasteiger partial charge on any atom is 0.156 e. The first kappa shape index (κ1) is 15.8. The molecule has 2 aromatic heterocycles. The van der Waals surface area contributed by atoms with Gasteiger partial charge in [0, 0.05) is 30.5 Å². The van der Waals surface area contributed by atoms with Gasteiger partial charge in [0.15, 0.2) is 5.82 Å². The Kier molecular flexibility index (Phi) is 4.19. The van der Waals surface area contributed by atoms with Gasteiger partial charge in [0.2, 0.25) is 0 Å². The van der Waals surface area contributed by atoms with Gasteiger partial charge in [-0.1, -0.05) is 0 Å². The molecule has 4 rings (SSSR count). The van der Waals surface area contributed by atoms with Crippen molar-refractivity contribution in [3.05, 3.63) is 54.6 Å². The third-order valence-corrected chi connectivity index (χ3v) is 4.60. The average molecular weight is 337 g/mol. The summed E-state index contributed by atoms with van der Waals surface area (Å²) in [6.07, 6.45) is 4.62. The van der Waals surface area contributed by atoms with Gasteiger partial charge in [-0.3, -0.25) is 10.1 Å². The highest BCUT2D eigenvalue weighted by molar-refractivity contribution is 5.88. The van der Waals surface area contributed by atoms with E-state index in [1.165, 1.54) is 12.1 Å². The monoisotopic (exact) mass is 337 g/mol. The van der Waals surface area contributed by atoms with Crippen LogP contribution in [0.1, 0.15) is 6.42 Å². The van der Waals surface area contributed by atoms with Gasteiger partial charge in [-0.25, -0.2) is 4.39 Å². The Bertz CT molecular complexity index is 844. The SMILES string of the molecule is CN1CCC(Nc2n[nH]c(-c3ccc(F)cc3)c2-c2ccncc2)C1. The Morgan fingerprint density at radius 3 is 2.56 bits per heavy atom. The highest BCUT2D eigenvalue weighted by Gasteiger charge is 2.23. The molecule has 3 heterocycles. The number of pyridine rings is 1. The van der Waals surface area contributed by atoms with E-state index in [1.54, 1.807) is 24.5 Å². The van der Waals surface area contributed by atoms with Crippen LogP contribution in [-0.2, 0) is 0 Å². The molecule has 0 saturated carbocycles. The highest BCUT2D eigenvalue weighted by Crippen LogP contribution is 2.36. The second-order valence-electron chi connectivity index (χ2n) is 6.46. The van der Waals surface area contributed by atoms with Crippen molar-refractivity contribution in [1.82, 2.24) is 20.1 Å². The van der Waals surface area contributed by atoms with Gasteiger partial charge >= 0.3 is 0 Å². The predicted molar refractivity (Wildman–Crippen MR) is 96.7 cm³/mol. The summed E-state index contributed by atoms with van der Waals surface area (Å²) in [6, 6.07) is 10.8. The van der Waals surface area contributed by atoms with Crippen LogP contribution in [0, 0.1) is 5.82 Å². The van der Waals surface area contributed by atoms with Crippen molar-refractivity contribution in [2.45, 2.75) is 12.5 Å². The fourth-order valence-corrected chi connectivity index (χ4v) is 3.32. The van der Waals surface area contributed by atoms with Crippen molar-refractivity contribution in [3.8, 4) is 22.4 Å². The van der Waals surface area contributed by atoms with E-state index in [4.69, 9.17) is 0 Å². The van der Waals surface area contributed by atoms with Crippen molar-refractivity contribution >= 4 is 5.82 Å². The van der Waals surface area contributed by atoms with Crippen LogP contribution in [0.25, 0.3) is 22.4 Å². The van der Waals surface area contributed by atoms with Gasteiger partial charge in [-0.05, 0) is 62.0 Å². The number of rotatable bonds is 4. The molecule has 0 radical (unpaired) electrons. The Morgan fingerprint density at radius 1 is 1.12 bits per heavy atom. The molecule has 0 aliphatic carbocycles. The molecule has 1 aliphatic heterocycles. The largest absolute Gasteiger partial charge is 0.364 e. The van der Waals surface area contributed by atoms with Gasteiger partial charge in [-0.2, -0.15) is 5.10 Å². The van der Waals surface area contributed by atoms with E-state index >= 15 is 0 Å². The number of nitrogens with zero attached hydrogens (tertiary/aromatic N) is 3. The van der Waals surface area contributed by atoms with E-state index in [0.29, 0.717) is 6.04 Å². The summed E-state index contributed by atoms with van der Waals surface area (Å²) in [6.45, 7) is 2.08. The van der Waals surface area contributed by atoms with E-state index in [2.05, 4.69) is 32.4 Å². The molecule has 128 valence electrons. The molecule has 1 aromatic carbocycles. The molecule has 0 amide bonds. The molecule has 1 saturated heterocycles. The second-order valence-corrected chi connectivity index (χ2v) is 6.46. The zero-order valence-corrected chi connectivity index (χ0v) is 14.0. The van der Waals surface area contributed by atoms with Gasteiger partial charge < -0.3 is 10.2 Å². The van der Waals surface area contributed by atoms with Crippen molar-refractivity contribution in [3.63, 3.8) is 0 Å². The number of anilines is 1. The topological polar surface area (TPSA) is 56.8 Å². The first-order chi connectivity index (χ1) is 12.2. The number of hydrogen-bond acceptors (Lipinski definition) is 4. The maximum atomic E-state index is 13.3. The minimum absolute atomic E-state index is 0.249. The number of aromatic amines is 1. The molecular weight excluding hydrogens is 317 g/mol. The lowest BCUT2D eigenvalue weighted by Crippen LogP contribution is -2.23. The zero-order valence-electron chi connectivity index (χ0n) is 14.0. The molecule has 2 N–H and O–H groups in total. The highest BCUT2D eigenvalue weighted by atomic mass is 19.1. The fourth-order valence-electron chi connectivity index (χ4n) is 3.32. The number of likely N-dealkylation sites (N-methyl/N-ethyl adjacent to an activating group) is 1. The molecule has 6 heteroatoms. The Labute approximate surface area is 145 Å². The quantitative estimate of drug-likeness (QED) is 0.766. The van der Waals surface area contributed by atoms with Gasteiger partial charge in [0.05, 0.1) is 11.3 Å². The number of halogens is 1. The predicted octanol–water partition coefficient (Wildman–Crippen LogP) is 3.39. The standard InChI is InChI=1S/C19H20FN5/c1-25-11-8-16(12-25)22-19-17(13-6-9-21-10-7-13)18(23-24-19)14-2-4-15(20)5-3-14/h2-7,9-10,16H,8,11-12H2,1H3,(H2,22,23,24).